The van der Waals surface area contributed by atoms with Crippen molar-refractivity contribution in [2.75, 3.05) is 0 Å². The summed E-state index contributed by atoms with van der Waals surface area (Å²) in [5.74, 6) is -4.94. The second-order valence-corrected chi connectivity index (χ2v) is 8.08. The number of carbonyl (C=O) groups is 3. The largest absolute Gasteiger partial charge is 0.507 e. The Morgan fingerprint density at radius 3 is 1.81 bits per heavy atom. The maximum Gasteiger partial charge on any atom is 0.347 e. The Hall–Kier alpha value is -5.37. The molecule has 8 nitrogen and oxygen atoms in total. The van der Waals surface area contributed by atoms with E-state index in [0.717, 1.165) is 0 Å². The van der Waals surface area contributed by atoms with Crippen molar-refractivity contribution in [3.05, 3.63) is 108 Å². The number of rotatable bonds is 5. The van der Waals surface area contributed by atoms with E-state index in [9.17, 15) is 29.7 Å². The van der Waals surface area contributed by atoms with Gasteiger partial charge in [-0.25, -0.2) is 14.4 Å². The molecule has 0 spiro atoms. The normalized spacial score (nSPS) is 10.8. The standard InChI is InChI=1S/C29H18O8/c30-21-15-13-16-6-1-3-8-18(16)24(21)29(35)37-23-11-5-10-22(25(23)27(32)33)36-28(34)20-14-12-17-7-2-4-9-19(17)26(20)31/h1-15,30-31H,(H,32,33). The van der Waals surface area contributed by atoms with Crippen molar-refractivity contribution in [1.82, 2.24) is 0 Å². The van der Waals surface area contributed by atoms with Crippen LogP contribution in [0.5, 0.6) is 23.0 Å². The third kappa shape index (κ3) is 4.28. The summed E-state index contributed by atoms with van der Waals surface area (Å²) in [6, 6.07) is 23.5. The summed E-state index contributed by atoms with van der Waals surface area (Å²) in [6.45, 7) is 0. The Morgan fingerprint density at radius 2 is 1.14 bits per heavy atom. The summed E-state index contributed by atoms with van der Waals surface area (Å²) in [7, 11) is 0. The van der Waals surface area contributed by atoms with Crippen molar-refractivity contribution in [3.8, 4) is 23.0 Å². The number of esters is 2. The van der Waals surface area contributed by atoms with Crippen LogP contribution in [0, 0.1) is 0 Å². The number of hydrogen-bond donors (Lipinski definition) is 3. The number of carbonyl (C=O) groups excluding carboxylic acids is 2. The molecular weight excluding hydrogens is 476 g/mol. The molecule has 0 heterocycles. The molecule has 37 heavy (non-hydrogen) atoms. The minimum Gasteiger partial charge on any atom is -0.507 e. The van der Waals surface area contributed by atoms with Crippen LogP contribution in [0.25, 0.3) is 21.5 Å². The summed E-state index contributed by atoms with van der Waals surface area (Å²) in [5.41, 5.74) is -0.889. The zero-order valence-electron chi connectivity index (χ0n) is 19.0. The van der Waals surface area contributed by atoms with E-state index in [4.69, 9.17) is 9.47 Å². The van der Waals surface area contributed by atoms with Crippen LogP contribution in [0.4, 0.5) is 0 Å². The fraction of sp³-hybridized carbons (Fsp3) is 0. The summed E-state index contributed by atoms with van der Waals surface area (Å²) in [4.78, 5) is 38.0. The highest BCUT2D eigenvalue weighted by Gasteiger charge is 2.26. The van der Waals surface area contributed by atoms with Gasteiger partial charge in [0, 0.05) is 5.39 Å². The summed E-state index contributed by atoms with van der Waals surface area (Å²) in [6.07, 6.45) is 0. The number of aromatic carboxylic acids is 1. The average Bonchev–Trinajstić information content (AvgIpc) is 2.88. The lowest BCUT2D eigenvalue weighted by Crippen LogP contribution is -2.15. The fourth-order valence-corrected chi connectivity index (χ4v) is 4.09. The molecule has 0 atom stereocenters. The third-order valence-electron chi connectivity index (χ3n) is 5.84. The molecule has 0 unspecified atom stereocenters. The second-order valence-electron chi connectivity index (χ2n) is 8.08. The van der Waals surface area contributed by atoms with Crippen molar-refractivity contribution in [1.29, 1.82) is 0 Å². The van der Waals surface area contributed by atoms with Crippen molar-refractivity contribution in [2.24, 2.45) is 0 Å². The van der Waals surface area contributed by atoms with Crippen molar-refractivity contribution < 1.29 is 39.2 Å². The van der Waals surface area contributed by atoms with E-state index in [-0.39, 0.29) is 22.6 Å². The molecule has 0 bridgehead atoms. The molecule has 0 amide bonds. The predicted octanol–water partition coefficient (Wildman–Crippen LogP) is 5.54. The number of aromatic hydroxyl groups is 2. The highest BCUT2D eigenvalue weighted by Crippen LogP contribution is 2.34. The third-order valence-corrected chi connectivity index (χ3v) is 5.84. The van der Waals surface area contributed by atoms with E-state index in [0.29, 0.717) is 21.5 Å². The molecule has 5 aromatic carbocycles. The summed E-state index contributed by atoms with van der Waals surface area (Å²) < 4.78 is 10.7. The Labute approximate surface area is 209 Å². The highest BCUT2D eigenvalue weighted by molar-refractivity contribution is 6.08. The predicted molar refractivity (Wildman–Crippen MR) is 135 cm³/mol. The summed E-state index contributed by atoms with van der Waals surface area (Å²) >= 11 is 0. The molecule has 0 saturated heterocycles. The lowest BCUT2D eigenvalue weighted by Gasteiger charge is -2.14. The Bertz CT molecular complexity index is 1720. The number of hydrogen-bond acceptors (Lipinski definition) is 7. The van der Waals surface area contributed by atoms with Crippen LogP contribution in [-0.2, 0) is 0 Å². The van der Waals surface area contributed by atoms with E-state index in [1.165, 1.54) is 30.3 Å². The molecule has 5 rings (SSSR count). The Balaban J connectivity index is 1.50. The van der Waals surface area contributed by atoms with Gasteiger partial charge in [0.1, 0.15) is 39.7 Å². The first-order valence-corrected chi connectivity index (χ1v) is 11.1. The van der Waals surface area contributed by atoms with Crippen LogP contribution >= 0.6 is 0 Å². The lowest BCUT2D eigenvalue weighted by molar-refractivity contribution is 0.0669. The van der Waals surface area contributed by atoms with E-state index >= 15 is 0 Å². The smallest absolute Gasteiger partial charge is 0.347 e. The minimum atomic E-state index is -1.52. The van der Waals surface area contributed by atoms with Gasteiger partial charge < -0.3 is 24.8 Å². The number of carboxylic acids is 1. The Kier molecular flexibility index (Phi) is 5.91. The molecule has 0 aliphatic heterocycles. The van der Waals surface area contributed by atoms with Gasteiger partial charge in [0.05, 0.1) is 0 Å². The van der Waals surface area contributed by atoms with Crippen LogP contribution in [0.1, 0.15) is 31.1 Å². The second kappa shape index (κ2) is 9.35. The van der Waals surface area contributed by atoms with Gasteiger partial charge in [-0.05, 0) is 40.4 Å². The molecule has 0 aliphatic carbocycles. The molecular formula is C29H18O8. The molecule has 0 radical (unpaired) electrons. The number of carboxylic acid groups (broad SMARTS) is 1. The topological polar surface area (TPSA) is 130 Å². The number of fused-ring (bicyclic) bond motifs is 2. The number of benzene rings is 5. The summed E-state index contributed by atoms with van der Waals surface area (Å²) in [5, 5.41) is 33.0. The highest BCUT2D eigenvalue weighted by atomic mass is 16.5. The van der Waals surface area contributed by atoms with E-state index in [1.54, 1.807) is 60.7 Å². The lowest BCUT2D eigenvalue weighted by atomic mass is 10.0. The zero-order valence-corrected chi connectivity index (χ0v) is 19.0. The van der Waals surface area contributed by atoms with Crippen molar-refractivity contribution in [2.45, 2.75) is 0 Å². The van der Waals surface area contributed by atoms with Crippen LogP contribution in [0.15, 0.2) is 91.0 Å². The van der Waals surface area contributed by atoms with Gasteiger partial charge in [-0.15, -0.1) is 0 Å². The van der Waals surface area contributed by atoms with Crippen molar-refractivity contribution >= 4 is 39.5 Å². The number of ether oxygens (including phenoxy) is 2. The molecule has 0 aliphatic rings. The fourth-order valence-electron chi connectivity index (χ4n) is 4.09. The van der Waals surface area contributed by atoms with Crippen molar-refractivity contribution in [3.63, 3.8) is 0 Å². The quantitative estimate of drug-likeness (QED) is 0.214. The molecule has 0 saturated carbocycles. The first-order valence-electron chi connectivity index (χ1n) is 11.1. The molecule has 0 aromatic heterocycles. The molecule has 5 aromatic rings. The molecule has 0 fully saturated rings. The van der Waals surface area contributed by atoms with Gasteiger partial charge in [0.15, 0.2) is 0 Å². The van der Waals surface area contributed by atoms with Gasteiger partial charge in [-0.3, -0.25) is 0 Å². The first-order chi connectivity index (χ1) is 17.8. The van der Waals surface area contributed by atoms with Gasteiger partial charge in [-0.1, -0.05) is 66.7 Å². The van der Waals surface area contributed by atoms with Gasteiger partial charge in [0.25, 0.3) is 0 Å². The van der Waals surface area contributed by atoms with Crippen LogP contribution in [-0.4, -0.2) is 33.2 Å². The monoisotopic (exact) mass is 494 g/mol. The first kappa shape index (κ1) is 23.4. The minimum absolute atomic E-state index is 0.141. The van der Waals surface area contributed by atoms with Gasteiger partial charge >= 0.3 is 17.9 Å². The maximum absolute atomic E-state index is 13.0. The molecule has 8 heteroatoms. The van der Waals surface area contributed by atoms with E-state index in [1.807, 2.05) is 0 Å². The molecule has 182 valence electrons. The van der Waals surface area contributed by atoms with Crippen LogP contribution in [0.2, 0.25) is 0 Å². The van der Waals surface area contributed by atoms with Crippen LogP contribution < -0.4 is 9.47 Å². The zero-order chi connectivity index (χ0) is 26.1. The van der Waals surface area contributed by atoms with E-state index in [2.05, 4.69) is 0 Å². The van der Waals surface area contributed by atoms with Gasteiger partial charge in [0.2, 0.25) is 0 Å². The number of phenols is 2. The van der Waals surface area contributed by atoms with E-state index < -0.39 is 35.0 Å². The Morgan fingerprint density at radius 1 is 0.568 bits per heavy atom. The average molecular weight is 494 g/mol. The molecule has 3 N–H and O–H groups in total. The number of phenolic OH excluding ortho intramolecular Hbond substituents is 2. The SMILES string of the molecule is O=C(Oc1cccc(OC(=O)c2c(O)ccc3ccccc23)c1C(=O)O)c1ccc2ccccc2c1O. The van der Waals surface area contributed by atoms with Gasteiger partial charge in [-0.2, -0.15) is 0 Å². The van der Waals surface area contributed by atoms with Crippen LogP contribution in [0.3, 0.4) is 0 Å². The maximum atomic E-state index is 13.0.